The van der Waals surface area contributed by atoms with Crippen molar-refractivity contribution in [2.45, 2.75) is 6.04 Å². The van der Waals surface area contributed by atoms with Crippen LogP contribution in [-0.2, 0) is 9.59 Å². The van der Waals surface area contributed by atoms with Crippen LogP contribution in [0, 0.1) is 0 Å². The van der Waals surface area contributed by atoms with Crippen LogP contribution >= 0.6 is 11.3 Å². The first-order valence-corrected chi connectivity index (χ1v) is 14.3. The number of aliphatic hydroxyl groups excluding tert-OH is 1. The smallest absolute Gasteiger partial charge is 0.301 e. The molecular formula is C33H24N2O7S. The summed E-state index contributed by atoms with van der Waals surface area (Å²) in [5.74, 6) is 0.793. The number of aromatic nitrogens is 1. The van der Waals surface area contributed by atoms with Gasteiger partial charge in [-0.15, -0.1) is 0 Å². The fraction of sp³-hybridized carbons (Fsp3) is 0.121. The van der Waals surface area contributed by atoms with Crippen molar-refractivity contribution in [1.82, 2.24) is 4.98 Å². The molecule has 1 N–H and O–H groups in total. The van der Waals surface area contributed by atoms with Crippen molar-refractivity contribution in [2.75, 3.05) is 25.2 Å². The van der Waals surface area contributed by atoms with Gasteiger partial charge in [-0.1, -0.05) is 41.7 Å². The highest BCUT2D eigenvalue weighted by Gasteiger charge is 2.48. The summed E-state index contributed by atoms with van der Waals surface area (Å²) in [5.41, 5.74) is 1.45. The number of anilines is 1. The minimum atomic E-state index is -0.991. The van der Waals surface area contributed by atoms with Crippen LogP contribution in [0.1, 0.15) is 17.2 Å². The first-order chi connectivity index (χ1) is 21.0. The maximum Gasteiger partial charge on any atom is 0.301 e. The first-order valence-electron chi connectivity index (χ1n) is 13.5. The van der Waals surface area contributed by atoms with Crippen LogP contribution in [0.3, 0.4) is 0 Å². The number of thiazole rings is 1. The number of fused-ring (bicyclic) bond motifs is 2. The molecule has 214 valence electrons. The third kappa shape index (κ3) is 4.81. The summed E-state index contributed by atoms with van der Waals surface area (Å²) >= 11 is 1.25. The van der Waals surface area contributed by atoms with E-state index in [4.69, 9.17) is 18.9 Å². The van der Waals surface area contributed by atoms with Gasteiger partial charge in [0.2, 0.25) is 0 Å². The van der Waals surface area contributed by atoms with Gasteiger partial charge in [-0.05, 0) is 66.2 Å². The normalized spacial score (nSPS) is 17.3. The lowest BCUT2D eigenvalue weighted by Crippen LogP contribution is -2.29. The van der Waals surface area contributed by atoms with Crippen molar-refractivity contribution in [2.24, 2.45) is 0 Å². The molecule has 1 atom stereocenters. The molecule has 0 aliphatic carbocycles. The summed E-state index contributed by atoms with van der Waals surface area (Å²) in [6.07, 6.45) is 0. The maximum absolute atomic E-state index is 13.7. The number of nitrogens with zero attached hydrogens (tertiary/aromatic N) is 2. The van der Waals surface area contributed by atoms with Crippen LogP contribution < -0.4 is 23.8 Å². The first kappa shape index (κ1) is 26.5. The largest absolute Gasteiger partial charge is 0.507 e. The number of carbonyl (C=O) groups is 2. The Morgan fingerprint density at radius 1 is 0.884 bits per heavy atom. The van der Waals surface area contributed by atoms with E-state index in [1.54, 1.807) is 61.7 Å². The number of amides is 1. The molecule has 43 heavy (non-hydrogen) atoms. The third-order valence-corrected chi connectivity index (χ3v) is 8.22. The summed E-state index contributed by atoms with van der Waals surface area (Å²) in [7, 11) is 1.57. The number of rotatable bonds is 6. The SMILES string of the molecule is COc1ccc2nc(N3C(=O)C(=O)C(=C(O)c4ccc5c(c4)OCCO5)[C@@H]3c3cccc(Oc4ccccc4)c3)sc2c1. The fourth-order valence-electron chi connectivity index (χ4n) is 5.19. The highest BCUT2D eigenvalue weighted by Crippen LogP contribution is 2.46. The standard InChI is InChI=1S/C33H24N2O7S/c1-39-22-11-12-24-27(18-22)43-33(34-24)35-29(19-6-5-9-23(16-19)42-21-7-3-2-4-8-21)28(31(37)32(35)38)30(36)20-10-13-25-26(17-20)41-15-14-40-25/h2-13,16-18,29,36H,14-15H2,1H3/t29-/m0/s1. The third-order valence-electron chi connectivity index (χ3n) is 7.20. The molecule has 1 fully saturated rings. The Labute approximate surface area is 250 Å². The lowest BCUT2D eigenvalue weighted by atomic mass is 9.95. The van der Waals surface area contributed by atoms with E-state index in [2.05, 4.69) is 4.98 Å². The summed E-state index contributed by atoms with van der Waals surface area (Å²) in [6.45, 7) is 0.775. The molecular weight excluding hydrogens is 568 g/mol. The lowest BCUT2D eigenvalue weighted by Gasteiger charge is -2.23. The number of aliphatic hydroxyl groups is 1. The van der Waals surface area contributed by atoms with E-state index in [0.717, 1.165) is 4.70 Å². The van der Waals surface area contributed by atoms with Gasteiger partial charge in [-0.3, -0.25) is 14.5 Å². The second-order valence-corrected chi connectivity index (χ2v) is 10.9. The van der Waals surface area contributed by atoms with Gasteiger partial charge >= 0.3 is 5.91 Å². The fourth-order valence-corrected chi connectivity index (χ4v) is 6.21. The average Bonchev–Trinajstić information content (AvgIpc) is 3.58. The number of ketones is 1. The molecule has 0 radical (unpaired) electrons. The molecule has 3 heterocycles. The van der Waals surface area contributed by atoms with Gasteiger partial charge in [-0.2, -0.15) is 0 Å². The Bertz CT molecular complexity index is 1920. The lowest BCUT2D eigenvalue weighted by molar-refractivity contribution is -0.132. The summed E-state index contributed by atoms with van der Waals surface area (Å²) in [5, 5.41) is 11.9. The van der Waals surface area contributed by atoms with Crippen molar-refractivity contribution < 1.29 is 33.6 Å². The van der Waals surface area contributed by atoms with Crippen LogP contribution in [0.15, 0.2) is 96.6 Å². The van der Waals surface area contributed by atoms with Gasteiger partial charge in [0.15, 0.2) is 16.6 Å². The van der Waals surface area contributed by atoms with Gasteiger partial charge < -0.3 is 24.1 Å². The average molecular weight is 593 g/mol. The molecule has 1 amide bonds. The monoisotopic (exact) mass is 592 g/mol. The second kappa shape index (κ2) is 10.8. The van der Waals surface area contributed by atoms with E-state index in [-0.39, 0.29) is 11.3 Å². The van der Waals surface area contributed by atoms with Gasteiger partial charge in [0.25, 0.3) is 5.78 Å². The number of para-hydroxylation sites is 1. The van der Waals surface area contributed by atoms with Gasteiger partial charge in [0, 0.05) is 5.56 Å². The van der Waals surface area contributed by atoms with Crippen LogP contribution in [0.2, 0.25) is 0 Å². The Balaban J connectivity index is 1.38. The van der Waals surface area contributed by atoms with Crippen LogP contribution in [-0.4, -0.2) is 42.1 Å². The number of ether oxygens (including phenoxy) is 4. The van der Waals surface area contributed by atoms with E-state index >= 15 is 0 Å². The summed E-state index contributed by atoms with van der Waals surface area (Å²) < 4.78 is 23.5. The molecule has 0 bridgehead atoms. The van der Waals surface area contributed by atoms with Crippen molar-refractivity contribution in [3.8, 4) is 28.7 Å². The van der Waals surface area contributed by atoms with Crippen LogP contribution in [0.25, 0.3) is 16.0 Å². The molecule has 9 nitrogen and oxygen atoms in total. The number of methoxy groups -OCH3 is 1. The molecule has 0 saturated carbocycles. The highest BCUT2D eigenvalue weighted by molar-refractivity contribution is 7.22. The van der Waals surface area contributed by atoms with Crippen molar-refractivity contribution >= 4 is 44.1 Å². The van der Waals surface area contributed by atoms with E-state index in [0.29, 0.717) is 63.7 Å². The predicted octanol–water partition coefficient (Wildman–Crippen LogP) is 6.49. The number of benzene rings is 4. The van der Waals surface area contributed by atoms with E-state index < -0.39 is 17.7 Å². The zero-order valence-corrected chi connectivity index (χ0v) is 23.7. The highest BCUT2D eigenvalue weighted by atomic mass is 32.1. The molecule has 7 rings (SSSR count). The van der Waals surface area contributed by atoms with Crippen molar-refractivity contribution in [1.29, 1.82) is 0 Å². The van der Waals surface area contributed by atoms with E-state index in [9.17, 15) is 14.7 Å². The van der Waals surface area contributed by atoms with Crippen LogP contribution in [0.5, 0.6) is 28.7 Å². The Morgan fingerprint density at radius 3 is 2.49 bits per heavy atom. The van der Waals surface area contributed by atoms with Gasteiger partial charge in [-0.25, -0.2) is 4.98 Å². The molecule has 1 aromatic heterocycles. The molecule has 10 heteroatoms. The maximum atomic E-state index is 13.7. The minimum Gasteiger partial charge on any atom is -0.507 e. The number of Topliss-reactive ketones (excluding diaryl/α,β-unsaturated/α-hetero) is 1. The zero-order valence-electron chi connectivity index (χ0n) is 22.9. The Hall–Kier alpha value is -5.35. The molecule has 5 aromatic rings. The van der Waals surface area contributed by atoms with Crippen molar-refractivity contribution in [3.63, 3.8) is 0 Å². The predicted molar refractivity (Wildman–Crippen MR) is 161 cm³/mol. The minimum absolute atomic E-state index is 0.0737. The molecule has 2 aliphatic heterocycles. The van der Waals surface area contributed by atoms with Crippen LogP contribution in [0.4, 0.5) is 5.13 Å². The number of hydrogen-bond acceptors (Lipinski definition) is 9. The Morgan fingerprint density at radius 2 is 1.67 bits per heavy atom. The molecule has 2 aliphatic rings. The van der Waals surface area contributed by atoms with Crippen molar-refractivity contribution in [3.05, 3.63) is 108 Å². The van der Waals surface area contributed by atoms with E-state index in [1.165, 1.54) is 16.2 Å². The topological polar surface area (TPSA) is 107 Å². The Kier molecular flexibility index (Phi) is 6.67. The van der Waals surface area contributed by atoms with Gasteiger partial charge in [0.05, 0.1) is 28.9 Å². The van der Waals surface area contributed by atoms with Gasteiger partial charge in [0.1, 0.15) is 36.2 Å². The number of hydrogen-bond donors (Lipinski definition) is 1. The molecule has 0 spiro atoms. The second-order valence-electron chi connectivity index (χ2n) is 9.85. The molecule has 0 unspecified atom stereocenters. The number of carbonyl (C=O) groups excluding carboxylic acids is 2. The van der Waals surface area contributed by atoms with E-state index in [1.807, 2.05) is 36.4 Å². The summed E-state index contributed by atoms with van der Waals surface area (Å²) in [4.78, 5) is 33.5. The molecule has 1 saturated heterocycles. The summed E-state index contributed by atoms with van der Waals surface area (Å²) in [6, 6.07) is 25.7. The molecule has 4 aromatic carbocycles. The zero-order chi connectivity index (χ0) is 29.5. The quantitative estimate of drug-likeness (QED) is 0.135.